The highest BCUT2D eigenvalue weighted by molar-refractivity contribution is 7.80. The van der Waals surface area contributed by atoms with Crippen LogP contribution in [0.15, 0.2) is 24.3 Å². The maximum Gasteiger partial charge on any atom is 0.170 e. The molecule has 3 nitrogen and oxygen atoms in total. The molecule has 1 fully saturated rings. The number of rotatable bonds is 3. The molecule has 2 N–H and O–H groups in total. The van der Waals surface area contributed by atoms with Crippen molar-refractivity contribution in [1.82, 2.24) is 5.32 Å². The summed E-state index contributed by atoms with van der Waals surface area (Å²) < 4.78 is 0. The summed E-state index contributed by atoms with van der Waals surface area (Å²) in [5.41, 5.74) is 1.57. The summed E-state index contributed by atoms with van der Waals surface area (Å²) in [6.07, 6.45) is 7.60. The fourth-order valence-corrected chi connectivity index (χ4v) is 2.88. The van der Waals surface area contributed by atoms with E-state index in [9.17, 15) is 4.79 Å². The molecular formula is C16H22N2OS. The molecule has 2 rings (SSSR count). The summed E-state index contributed by atoms with van der Waals surface area (Å²) in [5, 5.41) is 7.21. The van der Waals surface area contributed by atoms with Crippen LogP contribution < -0.4 is 10.6 Å². The zero-order chi connectivity index (χ0) is 14.4. The molecular weight excluding hydrogens is 268 g/mol. The summed E-state index contributed by atoms with van der Waals surface area (Å²) in [6.45, 7) is 1.57. The smallest absolute Gasteiger partial charge is 0.170 e. The SMILES string of the molecule is CC(=O)c1cccc(NC(=S)NC2CCCCCC2)c1. The van der Waals surface area contributed by atoms with Crippen molar-refractivity contribution in [3.8, 4) is 0 Å². The zero-order valence-corrected chi connectivity index (χ0v) is 12.8. The van der Waals surface area contributed by atoms with Crippen LogP contribution in [0.4, 0.5) is 5.69 Å². The predicted molar refractivity (Wildman–Crippen MR) is 87.3 cm³/mol. The minimum atomic E-state index is 0.0660. The Hall–Kier alpha value is -1.42. The maximum absolute atomic E-state index is 11.4. The molecule has 4 heteroatoms. The summed E-state index contributed by atoms with van der Waals surface area (Å²) >= 11 is 5.36. The van der Waals surface area contributed by atoms with E-state index in [0.29, 0.717) is 16.7 Å². The zero-order valence-electron chi connectivity index (χ0n) is 11.9. The monoisotopic (exact) mass is 290 g/mol. The molecule has 0 aromatic heterocycles. The fourth-order valence-electron chi connectivity index (χ4n) is 2.59. The molecule has 1 aliphatic carbocycles. The van der Waals surface area contributed by atoms with E-state index < -0.39 is 0 Å². The van der Waals surface area contributed by atoms with E-state index in [1.54, 1.807) is 6.92 Å². The molecule has 0 amide bonds. The Labute approximate surface area is 126 Å². The van der Waals surface area contributed by atoms with E-state index >= 15 is 0 Å². The lowest BCUT2D eigenvalue weighted by Gasteiger charge is -2.19. The Morgan fingerprint density at radius 3 is 2.55 bits per heavy atom. The molecule has 20 heavy (non-hydrogen) atoms. The number of nitrogens with one attached hydrogen (secondary N) is 2. The van der Waals surface area contributed by atoms with Crippen LogP contribution in [0.25, 0.3) is 0 Å². The van der Waals surface area contributed by atoms with Gasteiger partial charge < -0.3 is 10.6 Å². The summed E-state index contributed by atoms with van der Waals surface area (Å²) in [4.78, 5) is 11.4. The van der Waals surface area contributed by atoms with E-state index in [4.69, 9.17) is 12.2 Å². The first-order valence-electron chi connectivity index (χ1n) is 7.33. The second kappa shape index (κ2) is 7.39. The van der Waals surface area contributed by atoms with Crippen molar-refractivity contribution in [1.29, 1.82) is 0 Å². The Bertz CT molecular complexity index is 479. The molecule has 0 saturated heterocycles. The molecule has 0 radical (unpaired) electrons. The van der Waals surface area contributed by atoms with Crippen molar-refractivity contribution in [2.45, 2.75) is 51.5 Å². The van der Waals surface area contributed by atoms with Gasteiger partial charge in [0.2, 0.25) is 0 Å². The number of hydrogen-bond donors (Lipinski definition) is 2. The molecule has 1 aromatic rings. The first-order chi connectivity index (χ1) is 9.65. The lowest BCUT2D eigenvalue weighted by molar-refractivity contribution is 0.101. The van der Waals surface area contributed by atoms with E-state index in [1.165, 1.54) is 38.5 Å². The van der Waals surface area contributed by atoms with Gasteiger partial charge in [-0.3, -0.25) is 4.79 Å². The van der Waals surface area contributed by atoms with Crippen LogP contribution in [0, 0.1) is 0 Å². The van der Waals surface area contributed by atoms with Gasteiger partial charge in [-0.15, -0.1) is 0 Å². The highest BCUT2D eigenvalue weighted by Gasteiger charge is 2.13. The van der Waals surface area contributed by atoms with Crippen LogP contribution in [0.1, 0.15) is 55.8 Å². The van der Waals surface area contributed by atoms with Crippen molar-refractivity contribution in [3.05, 3.63) is 29.8 Å². The minimum absolute atomic E-state index is 0.0660. The van der Waals surface area contributed by atoms with Gasteiger partial charge in [0.15, 0.2) is 10.9 Å². The third-order valence-electron chi connectivity index (χ3n) is 3.72. The number of carbonyl (C=O) groups is 1. The van der Waals surface area contributed by atoms with Crippen LogP contribution in [-0.2, 0) is 0 Å². The largest absolute Gasteiger partial charge is 0.360 e. The van der Waals surface area contributed by atoms with Crippen molar-refractivity contribution < 1.29 is 4.79 Å². The van der Waals surface area contributed by atoms with Crippen molar-refractivity contribution in [2.24, 2.45) is 0 Å². The van der Waals surface area contributed by atoms with Gasteiger partial charge >= 0.3 is 0 Å². The summed E-state index contributed by atoms with van der Waals surface area (Å²) in [7, 11) is 0. The lowest BCUT2D eigenvalue weighted by atomic mass is 10.1. The van der Waals surface area contributed by atoms with Crippen LogP contribution in [0.3, 0.4) is 0 Å². The first-order valence-corrected chi connectivity index (χ1v) is 7.74. The van der Waals surface area contributed by atoms with Gasteiger partial charge in [0.25, 0.3) is 0 Å². The average molecular weight is 290 g/mol. The Morgan fingerprint density at radius 2 is 1.90 bits per heavy atom. The third kappa shape index (κ3) is 4.60. The highest BCUT2D eigenvalue weighted by atomic mass is 32.1. The van der Waals surface area contributed by atoms with Gasteiger partial charge in [-0.1, -0.05) is 37.8 Å². The fraction of sp³-hybridized carbons (Fsp3) is 0.500. The van der Waals surface area contributed by atoms with Gasteiger partial charge in [0.1, 0.15) is 0 Å². The predicted octanol–water partition coefficient (Wildman–Crippen LogP) is 3.90. The van der Waals surface area contributed by atoms with Gasteiger partial charge in [-0.2, -0.15) is 0 Å². The second-order valence-corrected chi connectivity index (χ2v) is 5.83. The van der Waals surface area contributed by atoms with E-state index in [1.807, 2.05) is 24.3 Å². The summed E-state index contributed by atoms with van der Waals surface area (Å²) in [5.74, 6) is 0.0660. The Balaban J connectivity index is 1.90. The molecule has 1 aromatic carbocycles. The second-order valence-electron chi connectivity index (χ2n) is 5.42. The Morgan fingerprint density at radius 1 is 1.20 bits per heavy atom. The molecule has 0 aliphatic heterocycles. The van der Waals surface area contributed by atoms with Crippen molar-refractivity contribution >= 4 is 28.8 Å². The molecule has 0 heterocycles. The quantitative estimate of drug-likeness (QED) is 0.503. The normalized spacial score (nSPS) is 16.2. The Kier molecular flexibility index (Phi) is 5.53. The van der Waals surface area contributed by atoms with Crippen LogP contribution in [0.2, 0.25) is 0 Å². The van der Waals surface area contributed by atoms with Crippen molar-refractivity contribution in [3.63, 3.8) is 0 Å². The molecule has 1 saturated carbocycles. The minimum Gasteiger partial charge on any atom is -0.360 e. The maximum atomic E-state index is 11.4. The van der Waals surface area contributed by atoms with E-state index in [-0.39, 0.29) is 5.78 Å². The van der Waals surface area contributed by atoms with Crippen LogP contribution in [-0.4, -0.2) is 16.9 Å². The molecule has 0 bridgehead atoms. The summed E-state index contributed by atoms with van der Waals surface area (Å²) in [6, 6.07) is 7.92. The standard InChI is InChI=1S/C16H22N2OS/c1-12(19)13-7-6-10-15(11-13)18-16(20)17-14-8-4-2-3-5-9-14/h6-7,10-11,14H,2-5,8-9H2,1H3,(H2,17,18,20). The van der Waals surface area contributed by atoms with Crippen LogP contribution >= 0.6 is 12.2 Å². The van der Waals surface area contributed by atoms with Gasteiger partial charge in [0, 0.05) is 17.3 Å². The van der Waals surface area contributed by atoms with Crippen molar-refractivity contribution in [2.75, 3.05) is 5.32 Å². The molecule has 108 valence electrons. The highest BCUT2D eigenvalue weighted by Crippen LogP contribution is 2.17. The molecule has 0 atom stereocenters. The van der Waals surface area contributed by atoms with Crippen LogP contribution in [0.5, 0.6) is 0 Å². The molecule has 0 unspecified atom stereocenters. The number of ketones is 1. The van der Waals surface area contributed by atoms with E-state index in [0.717, 1.165) is 5.69 Å². The number of Topliss-reactive ketones (excluding diaryl/α,β-unsaturated/α-hetero) is 1. The number of hydrogen-bond acceptors (Lipinski definition) is 2. The number of anilines is 1. The number of benzene rings is 1. The number of thiocarbonyl (C=S) groups is 1. The molecule has 1 aliphatic rings. The third-order valence-corrected chi connectivity index (χ3v) is 3.94. The number of carbonyl (C=O) groups excluding carboxylic acids is 1. The van der Waals surface area contributed by atoms with Gasteiger partial charge in [-0.25, -0.2) is 0 Å². The van der Waals surface area contributed by atoms with Gasteiger partial charge in [0.05, 0.1) is 0 Å². The topological polar surface area (TPSA) is 41.1 Å². The molecule has 0 spiro atoms. The van der Waals surface area contributed by atoms with Gasteiger partial charge in [-0.05, 0) is 44.1 Å². The first kappa shape index (κ1) is 15.0. The average Bonchev–Trinajstić information content (AvgIpc) is 2.67. The lowest BCUT2D eigenvalue weighted by Crippen LogP contribution is -2.37. The van der Waals surface area contributed by atoms with E-state index in [2.05, 4.69) is 10.6 Å².